The zero-order valence-corrected chi connectivity index (χ0v) is 12.8. The van der Waals surface area contributed by atoms with E-state index in [2.05, 4.69) is 10.1 Å². The van der Waals surface area contributed by atoms with E-state index >= 15 is 0 Å². The van der Waals surface area contributed by atoms with Gasteiger partial charge in [0.15, 0.2) is 5.84 Å². The van der Waals surface area contributed by atoms with E-state index in [0.717, 1.165) is 36.9 Å². The summed E-state index contributed by atoms with van der Waals surface area (Å²) in [6.07, 6.45) is 4.19. The molecule has 2 rings (SSSR count). The van der Waals surface area contributed by atoms with Gasteiger partial charge in [-0.15, -0.1) is 0 Å². The van der Waals surface area contributed by atoms with Gasteiger partial charge in [-0.05, 0) is 44.7 Å². The maximum Gasteiger partial charge on any atom is 0.225 e. The largest absolute Gasteiger partial charge is 0.474 e. The Bertz CT molecular complexity index is 531. The number of rotatable bonds is 4. The van der Waals surface area contributed by atoms with Crippen LogP contribution in [-0.2, 0) is 4.74 Å². The number of amidine groups is 1. The van der Waals surface area contributed by atoms with Crippen molar-refractivity contribution in [1.82, 2.24) is 4.98 Å². The molecule has 0 bridgehead atoms. The van der Waals surface area contributed by atoms with Crippen LogP contribution >= 0.6 is 0 Å². The molecule has 1 saturated carbocycles. The SMILES string of the molecule is COC1CCCC(Oc2nc(C)cc(C)c2C(N)=NO)C1. The third-order valence-electron chi connectivity index (χ3n) is 3.86. The summed E-state index contributed by atoms with van der Waals surface area (Å²) in [5, 5.41) is 12.0. The molecule has 6 heteroatoms. The van der Waals surface area contributed by atoms with Gasteiger partial charge in [-0.2, -0.15) is 0 Å². The van der Waals surface area contributed by atoms with Crippen LogP contribution in [0.4, 0.5) is 0 Å². The van der Waals surface area contributed by atoms with E-state index in [4.69, 9.17) is 20.4 Å². The normalized spacial score (nSPS) is 23.1. The number of hydrogen-bond acceptors (Lipinski definition) is 5. The highest BCUT2D eigenvalue weighted by molar-refractivity contribution is 6.00. The summed E-state index contributed by atoms with van der Waals surface area (Å²) >= 11 is 0. The summed E-state index contributed by atoms with van der Waals surface area (Å²) in [7, 11) is 1.73. The number of aryl methyl sites for hydroxylation is 2. The monoisotopic (exact) mass is 293 g/mol. The van der Waals surface area contributed by atoms with Gasteiger partial charge in [-0.25, -0.2) is 4.98 Å². The fourth-order valence-corrected chi connectivity index (χ4v) is 2.83. The van der Waals surface area contributed by atoms with E-state index in [1.807, 2.05) is 19.9 Å². The first kappa shape index (κ1) is 15.6. The summed E-state index contributed by atoms with van der Waals surface area (Å²) in [6.45, 7) is 3.79. The van der Waals surface area contributed by atoms with E-state index in [9.17, 15) is 0 Å². The molecule has 0 radical (unpaired) electrons. The lowest BCUT2D eigenvalue weighted by atomic mass is 9.95. The molecule has 0 saturated heterocycles. The number of nitrogens with zero attached hydrogens (tertiary/aromatic N) is 2. The zero-order valence-electron chi connectivity index (χ0n) is 12.8. The highest BCUT2D eigenvalue weighted by Gasteiger charge is 2.25. The maximum atomic E-state index is 8.95. The molecule has 1 aromatic heterocycles. The predicted octanol–water partition coefficient (Wildman–Crippen LogP) is 2.13. The smallest absolute Gasteiger partial charge is 0.225 e. The van der Waals surface area contributed by atoms with Crippen LogP contribution in [0.15, 0.2) is 11.2 Å². The molecule has 1 fully saturated rings. The summed E-state index contributed by atoms with van der Waals surface area (Å²) < 4.78 is 11.5. The van der Waals surface area contributed by atoms with Crippen molar-refractivity contribution in [2.75, 3.05) is 7.11 Å². The topological polar surface area (TPSA) is 90.0 Å². The molecule has 2 atom stereocenters. The fourth-order valence-electron chi connectivity index (χ4n) is 2.83. The van der Waals surface area contributed by atoms with Gasteiger partial charge >= 0.3 is 0 Å². The van der Waals surface area contributed by atoms with Gasteiger partial charge in [0.2, 0.25) is 5.88 Å². The van der Waals surface area contributed by atoms with Crippen LogP contribution in [0, 0.1) is 13.8 Å². The molecule has 21 heavy (non-hydrogen) atoms. The number of nitrogens with two attached hydrogens (primary N) is 1. The second kappa shape index (κ2) is 6.76. The van der Waals surface area contributed by atoms with Crippen molar-refractivity contribution >= 4 is 5.84 Å². The molecule has 6 nitrogen and oxygen atoms in total. The third-order valence-corrected chi connectivity index (χ3v) is 3.86. The number of methoxy groups -OCH3 is 1. The molecule has 1 heterocycles. The lowest BCUT2D eigenvalue weighted by Crippen LogP contribution is -2.30. The third kappa shape index (κ3) is 3.64. The predicted molar refractivity (Wildman–Crippen MR) is 79.9 cm³/mol. The van der Waals surface area contributed by atoms with Crippen LogP contribution in [0.1, 0.15) is 42.5 Å². The van der Waals surface area contributed by atoms with Gasteiger partial charge in [-0.3, -0.25) is 0 Å². The molecule has 0 spiro atoms. The van der Waals surface area contributed by atoms with E-state index < -0.39 is 0 Å². The molecule has 0 aromatic carbocycles. The second-order valence-corrected chi connectivity index (χ2v) is 5.51. The minimum absolute atomic E-state index is 0.0223. The molecular formula is C15H23N3O3. The van der Waals surface area contributed by atoms with Gasteiger partial charge in [0.05, 0.1) is 11.7 Å². The summed E-state index contributed by atoms with van der Waals surface area (Å²) in [4.78, 5) is 4.41. The Morgan fingerprint density at radius 2 is 2.10 bits per heavy atom. The van der Waals surface area contributed by atoms with Gasteiger partial charge < -0.3 is 20.4 Å². The summed E-state index contributed by atoms with van der Waals surface area (Å²) in [5.74, 6) is 0.457. The van der Waals surface area contributed by atoms with Crippen LogP contribution in [0.3, 0.4) is 0 Å². The Balaban J connectivity index is 2.26. The van der Waals surface area contributed by atoms with Crippen molar-refractivity contribution in [3.8, 4) is 5.88 Å². The summed E-state index contributed by atoms with van der Waals surface area (Å²) in [6, 6.07) is 1.89. The van der Waals surface area contributed by atoms with Crippen LogP contribution in [0.5, 0.6) is 5.88 Å². The van der Waals surface area contributed by atoms with Crippen molar-refractivity contribution in [1.29, 1.82) is 0 Å². The zero-order chi connectivity index (χ0) is 15.4. The van der Waals surface area contributed by atoms with Crippen molar-refractivity contribution in [2.24, 2.45) is 10.9 Å². The van der Waals surface area contributed by atoms with Crippen LogP contribution in [-0.4, -0.2) is 35.3 Å². The Kier molecular flexibility index (Phi) is 5.01. The molecule has 2 unspecified atom stereocenters. The first-order chi connectivity index (χ1) is 10.0. The summed E-state index contributed by atoms with van der Waals surface area (Å²) in [5.41, 5.74) is 8.04. The molecule has 3 N–H and O–H groups in total. The maximum absolute atomic E-state index is 8.95. The molecular weight excluding hydrogens is 270 g/mol. The van der Waals surface area contributed by atoms with Gasteiger partial charge in [0.25, 0.3) is 0 Å². The van der Waals surface area contributed by atoms with E-state index in [1.165, 1.54) is 0 Å². The van der Waals surface area contributed by atoms with E-state index in [0.29, 0.717) is 11.4 Å². The Morgan fingerprint density at radius 3 is 2.76 bits per heavy atom. The first-order valence-corrected chi connectivity index (χ1v) is 7.20. The lowest BCUT2D eigenvalue weighted by molar-refractivity contribution is 0.0194. The second-order valence-electron chi connectivity index (χ2n) is 5.51. The first-order valence-electron chi connectivity index (χ1n) is 7.20. The molecule has 0 aliphatic heterocycles. The van der Waals surface area contributed by atoms with Crippen molar-refractivity contribution < 1.29 is 14.7 Å². The molecule has 0 amide bonds. The molecule has 1 aromatic rings. The van der Waals surface area contributed by atoms with E-state index in [1.54, 1.807) is 7.11 Å². The van der Waals surface area contributed by atoms with Crippen molar-refractivity contribution in [3.63, 3.8) is 0 Å². The number of hydrogen-bond donors (Lipinski definition) is 2. The van der Waals surface area contributed by atoms with Crippen LogP contribution < -0.4 is 10.5 Å². The molecule has 116 valence electrons. The fraction of sp³-hybridized carbons (Fsp3) is 0.600. The number of pyridine rings is 1. The lowest BCUT2D eigenvalue weighted by Gasteiger charge is -2.29. The Hall–Kier alpha value is -1.82. The Labute approximate surface area is 125 Å². The number of aromatic nitrogens is 1. The molecule has 1 aliphatic rings. The Morgan fingerprint density at radius 1 is 1.38 bits per heavy atom. The van der Waals surface area contributed by atoms with Gasteiger partial charge in [0, 0.05) is 19.2 Å². The minimum atomic E-state index is 0.0223. The van der Waals surface area contributed by atoms with Crippen LogP contribution in [0.2, 0.25) is 0 Å². The number of oxime groups is 1. The van der Waals surface area contributed by atoms with Crippen molar-refractivity contribution in [2.45, 2.75) is 51.7 Å². The van der Waals surface area contributed by atoms with Crippen molar-refractivity contribution in [3.05, 3.63) is 22.9 Å². The van der Waals surface area contributed by atoms with Crippen LogP contribution in [0.25, 0.3) is 0 Å². The highest BCUT2D eigenvalue weighted by atomic mass is 16.5. The average molecular weight is 293 g/mol. The van der Waals surface area contributed by atoms with Gasteiger partial charge in [0.1, 0.15) is 6.10 Å². The minimum Gasteiger partial charge on any atom is -0.474 e. The standard InChI is InChI=1S/C15H23N3O3/c1-9-7-10(2)17-15(13(9)14(16)18-19)21-12-6-4-5-11(8-12)20-3/h7,11-12,19H,4-6,8H2,1-3H3,(H2,16,18). The van der Waals surface area contributed by atoms with Gasteiger partial charge in [-0.1, -0.05) is 5.16 Å². The quantitative estimate of drug-likeness (QED) is 0.384. The molecule has 1 aliphatic carbocycles. The number of ether oxygens (including phenoxy) is 2. The highest BCUT2D eigenvalue weighted by Crippen LogP contribution is 2.28. The van der Waals surface area contributed by atoms with E-state index in [-0.39, 0.29) is 18.0 Å². The average Bonchev–Trinajstić information content (AvgIpc) is 2.46.